The normalized spacial score (nSPS) is 11.5. The summed E-state index contributed by atoms with van der Waals surface area (Å²) in [5, 5.41) is 3.20. The van der Waals surface area contributed by atoms with Crippen LogP contribution in [-0.4, -0.2) is 31.6 Å². The third-order valence-electron chi connectivity index (χ3n) is 3.17. The monoisotopic (exact) mass is 309 g/mol. The minimum absolute atomic E-state index is 0.0830. The molecule has 7 nitrogen and oxygen atoms in total. The van der Waals surface area contributed by atoms with Crippen LogP contribution in [0.4, 0.5) is 11.4 Å². The molecule has 2 aromatic rings. The van der Waals surface area contributed by atoms with Crippen LogP contribution in [0.5, 0.6) is 0 Å². The summed E-state index contributed by atoms with van der Waals surface area (Å²) in [5.41, 5.74) is 6.79. The van der Waals surface area contributed by atoms with Gasteiger partial charge in [-0.3, -0.25) is 0 Å². The van der Waals surface area contributed by atoms with Crippen molar-refractivity contribution in [2.45, 2.75) is 11.3 Å². The van der Waals surface area contributed by atoms with E-state index >= 15 is 0 Å². The SMILES string of the molecule is CNS(=O)(=O)c1ccc(NCCc2nccn2C)cc1N. The summed E-state index contributed by atoms with van der Waals surface area (Å²) >= 11 is 0. The Morgan fingerprint density at radius 3 is 2.71 bits per heavy atom. The first-order valence-electron chi connectivity index (χ1n) is 6.47. The van der Waals surface area contributed by atoms with E-state index in [1.54, 1.807) is 18.3 Å². The number of nitrogens with one attached hydrogen (secondary N) is 2. The zero-order valence-electron chi connectivity index (χ0n) is 12.0. The van der Waals surface area contributed by atoms with E-state index in [2.05, 4.69) is 15.0 Å². The minimum atomic E-state index is -3.52. The number of anilines is 2. The number of benzene rings is 1. The lowest BCUT2D eigenvalue weighted by atomic mass is 10.2. The van der Waals surface area contributed by atoms with Crippen LogP contribution in [0.15, 0.2) is 35.5 Å². The summed E-state index contributed by atoms with van der Waals surface area (Å²) in [4.78, 5) is 4.32. The third kappa shape index (κ3) is 3.53. The molecule has 0 saturated heterocycles. The van der Waals surface area contributed by atoms with E-state index in [0.29, 0.717) is 6.54 Å². The van der Waals surface area contributed by atoms with Gasteiger partial charge in [0, 0.05) is 38.1 Å². The highest BCUT2D eigenvalue weighted by molar-refractivity contribution is 7.89. The molecular weight excluding hydrogens is 290 g/mol. The highest BCUT2D eigenvalue weighted by Crippen LogP contribution is 2.22. The average Bonchev–Trinajstić information content (AvgIpc) is 2.84. The van der Waals surface area contributed by atoms with Gasteiger partial charge < -0.3 is 15.6 Å². The first-order chi connectivity index (χ1) is 9.94. The highest BCUT2D eigenvalue weighted by Gasteiger charge is 2.15. The Balaban J connectivity index is 2.02. The fourth-order valence-electron chi connectivity index (χ4n) is 1.97. The number of nitrogens with zero attached hydrogens (tertiary/aromatic N) is 2. The second-order valence-electron chi connectivity index (χ2n) is 4.59. The van der Waals surface area contributed by atoms with Gasteiger partial charge in [0.25, 0.3) is 0 Å². The van der Waals surface area contributed by atoms with Crippen molar-refractivity contribution in [2.75, 3.05) is 24.6 Å². The maximum absolute atomic E-state index is 11.7. The highest BCUT2D eigenvalue weighted by atomic mass is 32.2. The summed E-state index contributed by atoms with van der Waals surface area (Å²) in [6.45, 7) is 0.683. The number of nitrogen functional groups attached to an aromatic ring is 1. The van der Waals surface area contributed by atoms with Crippen molar-refractivity contribution >= 4 is 21.4 Å². The number of hydrogen-bond donors (Lipinski definition) is 3. The van der Waals surface area contributed by atoms with Crippen LogP contribution in [-0.2, 0) is 23.5 Å². The number of hydrogen-bond acceptors (Lipinski definition) is 5. The van der Waals surface area contributed by atoms with Gasteiger partial charge in [-0.25, -0.2) is 18.1 Å². The molecule has 0 amide bonds. The lowest BCUT2D eigenvalue weighted by Gasteiger charge is -2.10. The van der Waals surface area contributed by atoms with Crippen LogP contribution in [0.2, 0.25) is 0 Å². The van der Waals surface area contributed by atoms with Crippen LogP contribution in [0.3, 0.4) is 0 Å². The largest absolute Gasteiger partial charge is 0.398 e. The number of rotatable bonds is 6. The van der Waals surface area contributed by atoms with Gasteiger partial charge in [0.1, 0.15) is 10.7 Å². The van der Waals surface area contributed by atoms with Crippen molar-refractivity contribution in [3.63, 3.8) is 0 Å². The van der Waals surface area contributed by atoms with E-state index in [0.717, 1.165) is 17.9 Å². The maximum atomic E-state index is 11.7. The molecule has 2 rings (SSSR count). The van der Waals surface area contributed by atoms with Gasteiger partial charge in [-0.2, -0.15) is 0 Å². The quantitative estimate of drug-likeness (QED) is 0.677. The molecule has 4 N–H and O–H groups in total. The van der Waals surface area contributed by atoms with E-state index in [4.69, 9.17) is 5.73 Å². The van der Waals surface area contributed by atoms with Crippen molar-refractivity contribution in [1.82, 2.24) is 14.3 Å². The number of imidazole rings is 1. The number of aryl methyl sites for hydroxylation is 1. The van der Waals surface area contributed by atoms with Gasteiger partial charge in [-0.1, -0.05) is 0 Å². The average molecular weight is 309 g/mol. The van der Waals surface area contributed by atoms with Gasteiger partial charge in [0.05, 0.1) is 5.69 Å². The molecule has 21 heavy (non-hydrogen) atoms. The number of nitrogens with two attached hydrogens (primary N) is 1. The molecule has 0 bridgehead atoms. The fourth-order valence-corrected chi connectivity index (χ4v) is 2.81. The Kier molecular flexibility index (Phi) is 4.49. The molecule has 0 fully saturated rings. The molecular formula is C13H19N5O2S. The third-order valence-corrected chi connectivity index (χ3v) is 4.66. The minimum Gasteiger partial charge on any atom is -0.398 e. The molecule has 1 aromatic carbocycles. The van der Waals surface area contributed by atoms with E-state index in [1.807, 2.05) is 17.8 Å². The maximum Gasteiger partial charge on any atom is 0.242 e. The van der Waals surface area contributed by atoms with Gasteiger partial charge in [-0.05, 0) is 25.2 Å². The molecule has 8 heteroatoms. The van der Waals surface area contributed by atoms with Crippen LogP contribution in [0.1, 0.15) is 5.82 Å². The molecule has 1 aromatic heterocycles. The number of aromatic nitrogens is 2. The van der Waals surface area contributed by atoms with E-state index in [1.165, 1.54) is 13.1 Å². The Bertz CT molecular complexity index is 724. The summed E-state index contributed by atoms with van der Waals surface area (Å²) in [7, 11) is -0.226. The second kappa shape index (κ2) is 6.15. The zero-order chi connectivity index (χ0) is 15.5. The fraction of sp³-hybridized carbons (Fsp3) is 0.308. The molecule has 0 aliphatic carbocycles. The van der Waals surface area contributed by atoms with E-state index in [-0.39, 0.29) is 10.6 Å². The Labute approximate surface area is 124 Å². The first kappa shape index (κ1) is 15.3. The van der Waals surface area contributed by atoms with Crippen LogP contribution in [0.25, 0.3) is 0 Å². The van der Waals surface area contributed by atoms with Crippen LogP contribution < -0.4 is 15.8 Å². The molecule has 0 aliphatic heterocycles. The molecule has 0 saturated carbocycles. The standard InChI is InChI=1S/C13H19N5O2S/c1-15-21(19,20)12-4-3-10(9-11(12)14)16-6-5-13-17-7-8-18(13)2/h3-4,7-9,15-16H,5-6,14H2,1-2H3. The van der Waals surface area contributed by atoms with Crippen molar-refractivity contribution < 1.29 is 8.42 Å². The zero-order valence-corrected chi connectivity index (χ0v) is 12.8. The van der Waals surface area contributed by atoms with Crippen molar-refractivity contribution in [2.24, 2.45) is 7.05 Å². The van der Waals surface area contributed by atoms with Gasteiger partial charge in [0.15, 0.2) is 0 Å². The topological polar surface area (TPSA) is 102 Å². The summed E-state index contributed by atoms with van der Waals surface area (Å²) in [5.74, 6) is 0.977. The summed E-state index contributed by atoms with van der Waals surface area (Å²) in [6.07, 6.45) is 4.41. The lowest BCUT2D eigenvalue weighted by molar-refractivity contribution is 0.588. The summed E-state index contributed by atoms with van der Waals surface area (Å²) in [6, 6.07) is 4.80. The van der Waals surface area contributed by atoms with Crippen molar-refractivity contribution in [1.29, 1.82) is 0 Å². The van der Waals surface area contributed by atoms with Crippen LogP contribution >= 0.6 is 0 Å². The smallest absolute Gasteiger partial charge is 0.242 e. The summed E-state index contributed by atoms with van der Waals surface area (Å²) < 4.78 is 27.6. The number of sulfonamides is 1. The Hall–Kier alpha value is -2.06. The van der Waals surface area contributed by atoms with Crippen LogP contribution in [0, 0.1) is 0 Å². The first-order valence-corrected chi connectivity index (χ1v) is 7.95. The Morgan fingerprint density at radius 1 is 1.38 bits per heavy atom. The molecule has 114 valence electrons. The van der Waals surface area contributed by atoms with Gasteiger partial charge in [-0.15, -0.1) is 0 Å². The molecule has 0 unspecified atom stereocenters. The lowest BCUT2D eigenvalue weighted by Crippen LogP contribution is -2.20. The van der Waals surface area contributed by atoms with Gasteiger partial charge >= 0.3 is 0 Å². The van der Waals surface area contributed by atoms with Crippen molar-refractivity contribution in [3.8, 4) is 0 Å². The predicted molar refractivity (Wildman–Crippen MR) is 82.5 cm³/mol. The Morgan fingerprint density at radius 2 is 2.14 bits per heavy atom. The predicted octanol–water partition coefficient (Wildman–Crippen LogP) is 0.565. The molecule has 0 spiro atoms. The van der Waals surface area contributed by atoms with Crippen molar-refractivity contribution in [3.05, 3.63) is 36.4 Å². The van der Waals surface area contributed by atoms with E-state index < -0.39 is 10.0 Å². The molecule has 0 atom stereocenters. The molecule has 1 heterocycles. The van der Waals surface area contributed by atoms with E-state index in [9.17, 15) is 8.42 Å². The molecule has 0 aliphatic rings. The molecule has 0 radical (unpaired) electrons. The second-order valence-corrected chi connectivity index (χ2v) is 6.45. The van der Waals surface area contributed by atoms with Gasteiger partial charge in [0.2, 0.25) is 10.0 Å².